The maximum absolute atomic E-state index is 9.89. The molecule has 0 radical (unpaired) electrons. The first kappa shape index (κ1) is 26.6. The van der Waals surface area contributed by atoms with E-state index in [1.54, 1.807) is 0 Å². The van der Waals surface area contributed by atoms with Gasteiger partial charge in [0.1, 0.15) is 24.4 Å². The Balaban J connectivity index is 1.83. The summed E-state index contributed by atoms with van der Waals surface area (Å²) in [6.45, 7) is 2.43. The molecule has 0 spiro atoms. The molecule has 5 nitrogen and oxygen atoms in total. The van der Waals surface area contributed by atoms with Crippen LogP contribution in [0.4, 0.5) is 0 Å². The number of hydrogen-bond acceptors (Lipinski definition) is 5. The molecule has 0 aromatic carbocycles. The average molecular weight is 415 g/mol. The van der Waals surface area contributed by atoms with Crippen LogP contribution in [0.5, 0.6) is 0 Å². The van der Waals surface area contributed by atoms with Gasteiger partial charge >= 0.3 is 0 Å². The van der Waals surface area contributed by atoms with Crippen LogP contribution in [0, 0.1) is 0 Å². The minimum absolute atomic E-state index is 0.156. The zero-order valence-corrected chi connectivity index (χ0v) is 18.6. The lowest BCUT2D eigenvalue weighted by atomic mass is 10.0. The third kappa shape index (κ3) is 12.7. The van der Waals surface area contributed by atoms with E-state index < -0.39 is 24.4 Å². The summed E-state index contributed by atoms with van der Waals surface area (Å²) in [5.41, 5.74) is 0. The second-order valence-corrected chi connectivity index (χ2v) is 8.40. The molecular formula is C24H46O5. The molecule has 0 aliphatic carbocycles. The summed E-state index contributed by atoms with van der Waals surface area (Å²) in [6, 6.07) is 0. The fourth-order valence-electron chi connectivity index (χ4n) is 3.95. The highest BCUT2D eigenvalue weighted by molar-refractivity contribution is 4.89. The number of rotatable bonds is 19. The lowest BCUT2D eigenvalue weighted by Gasteiger charge is -2.23. The third-order valence-electron chi connectivity index (χ3n) is 5.79. The van der Waals surface area contributed by atoms with Gasteiger partial charge in [-0.3, -0.25) is 0 Å². The highest BCUT2D eigenvalue weighted by Crippen LogP contribution is 2.21. The van der Waals surface area contributed by atoms with Gasteiger partial charge in [-0.15, -0.1) is 0 Å². The van der Waals surface area contributed by atoms with Gasteiger partial charge in [-0.05, 0) is 26.2 Å². The highest BCUT2D eigenvalue weighted by Gasteiger charge is 2.40. The van der Waals surface area contributed by atoms with Crippen LogP contribution in [0.3, 0.4) is 0 Å². The summed E-state index contributed by atoms with van der Waals surface area (Å²) < 4.78 is 11.0. The van der Waals surface area contributed by atoms with Gasteiger partial charge in [0, 0.05) is 6.61 Å². The zero-order valence-electron chi connectivity index (χ0n) is 18.6. The van der Waals surface area contributed by atoms with Gasteiger partial charge in [0.2, 0.25) is 0 Å². The van der Waals surface area contributed by atoms with Gasteiger partial charge in [-0.2, -0.15) is 0 Å². The lowest BCUT2D eigenvalue weighted by Crippen LogP contribution is -2.42. The number of unbranched alkanes of at least 4 members (excludes halogenated alkanes) is 13. The number of hydrogen-bond donors (Lipinski definition) is 3. The molecule has 29 heavy (non-hydrogen) atoms. The SMILES string of the molecule is C/C=C/CCCCCCCCCCCCCCCO[C@@H]1[C@H]([C@H](O)CO)OC[C@@H]1O. The van der Waals surface area contributed by atoms with Crippen molar-refractivity contribution in [2.75, 3.05) is 19.8 Å². The standard InChI is InChI=1S/C24H46O5/c1-2-3-4-5-6-7-8-9-10-11-12-13-14-15-16-17-18-28-24-22(27)20-29-23(24)21(26)19-25/h2-3,21-27H,4-20H2,1H3/b3-2+/t21-,22+,23+,24+/m1/s1. The zero-order chi connectivity index (χ0) is 21.2. The molecule has 1 rings (SSSR count). The number of aliphatic hydroxyl groups is 3. The summed E-state index contributed by atoms with van der Waals surface area (Å²) in [5.74, 6) is 0. The molecule has 5 heteroatoms. The van der Waals surface area contributed by atoms with Crippen LogP contribution in [0.2, 0.25) is 0 Å². The quantitative estimate of drug-likeness (QED) is 0.214. The number of aliphatic hydroxyl groups excluding tert-OH is 3. The Kier molecular flexibility index (Phi) is 16.8. The van der Waals surface area contributed by atoms with E-state index in [2.05, 4.69) is 19.1 Å². The fourth-order valence-corrected chi connectivity index (χ4v) is 3.95. The first-order valence-electron chi connectivity index (χ1n) is 12.0. The molecule has 1 aliphatic heterocycles. The molecule has 1 aliphatic rings. The normalized spacial score (nSPS) is 23.2. The van der Waals surface area contributed by atoms with E-state index in [0.717, 1.165) is 12.8 Å². The monoisotopic (exact) mass is 414 g/mol. The molecule has 1 saturated heterocycles. The largest absolute Gasteiger partial charge is 0.394 e. The van der Waals surface area contributed by atoms with Crippen molar-refractivity contribution in [3.05, 3.63) is 12.2 Å². The smallest absolute Gasteiger partial charge is 0.114 e. The molecule has 0 saturated carbocycles. The van der Waals surface area contributed by atoms with Crippen molar-refractivity contribution in [1.29, 1.82) is 0 Å². The van der Waals surface area contributed by atoms with E-state index in [-0.39, 0.29) is 13.2 Å². The summed E-state index contributed by atoms with van der Waals surface area (Å²) in [7, 11) is 0. The Hall–Kier alpha value is -0.460. The van der Waals surface area contributed by atoms with E-state index in [9.17, 15) is 10.2 Å². The molecule has 3 N–H and O–H groups in total. The van der Waals surface area contributed by atoms with Gasteiger partial charge in [0.15, 0.2) is 0 Å². The molecular weight excluding hydrogens is 368 g/mol. The number of ether oxygens (including phenoxy) is 2. The van der Waals surface area contributed by atoms with Crippen LogP contribution in [0.1, 0.15) is 96.8 Å². The lowest BCUT2D eigenvalue weighted by molar-refractivity contribution is -0.0938. The van der Waals surface area contributed by atoms with Crippen molar-refractivity contribution in [3.8, 4) is 0 Å². The molecule has 172 valence electrons. The van der Waals surface area contributed by atoms with Crippen molar-refractivity contribution in [2.45, 2.75) is 121 Å². The van der Waals surface area contributed by atoms with Crippen molar-refractivity contribution < 1.29 is 24.8 Å². The van der Waals surface area contributed by atoms with E-state index in [0.29, 0.717) is 6.61 Å². The van der Waals surface area contributed by atoms with Gasteiger partial charge in [0.05, 0.1) is 13.2 Å². The predicted octanol–water partition coefficient (Wildman–Crippen LogP) is 4.52. The van der Waals surface area contributed by atoms with Crippen molar-refractivity contribution >= 4 is 0 Å². The van der Waals surface area contributed by atoms with Crippen LogP contribution < -0.4 is 0 Å². The summed E-state index contributed by atoms with van der Waals surface area (Å²) >= 11 is 0. The molecule has 1 heterocycles. The van der Waals surface area contributed by atoms with Crippen LogP contribution in [0.25, 0.3) is 0 Å². The summed E-state index contributed by atoms with van der Waals surface area (Å²) in [5, 5.41) is 28.7. The van der Waals surface area contributed by atoms with Crippen LogP contribution in [-0.4, -0.2) is 59.6 Å². The van der Waals surface area contributed by atoms with Gasteiger partial charge in [-0.1, -0.05) is 82.8 Å². The molecule has 4 atom stereocenters. The Bertz CT molecular complexity index is 387. The average Bonchev–Trinajstić information content (AvgIpc) is 3.10. The van der Waals surface area contributed by atoms with Gasteiger partial charge < -0.3 is 24.8 Å². The van der Waals surface area contributed by atoms with Crippen LogP contribution in [0.15, 0.2) is 12.2 Å². The van der Waals surface area contributed by atoms with Crippen LogP contribution in [-0.2, 0) is 9.47 Å². The maximum atomic E-state index is 9.89. The van der Waals surface area contributed by atoms with Crippen LogP contribution >= 0.6 is 0 Å². The molecule has 0 bridgehead atoms. The molecule has 0 aromatic rings. The van der Waals surface area contributed by atoms with Gasteiger partial charge in [-0.25, -0.2) is 0 Å². The van der Waals surface area contributed by atoms with E-state index in [1.165, 1.54) is 77.0 Å². The van der Waals surface area contributed by atoms with Crippen molar-refractivity contribution in [2.24, 2.45) is 0 Å². The Morgan fingerprint density at radius 2 is 1.41 bits per heavy atom. The van der Waals surface area contributed by atoms with Crippen molar-refractivity contribution in [1.82, 2.24) is 0 Å². The van der Waals surface area contributed by atoms with E-state index in [4.69, 9.17) is 14.6 Å². The van der Waals surface area contributed by atoms with E-state index in [1.807, 2.05) is 0 Å². The maximum Gasteiger partial charge on any atom is 0.114 e. The predicted molar refractivity (Wildman–Crippen MR) is 118 cm³/mol. The minimum atomic E-state index is -1.000. The fraction of sp³-hybridized carbons (Fsp3) is 0.917. The first-order valence-corrected chi connectivity index (χ1v) is 12.0. The number of allylic oxidation sites excluding steroid dienone is 2. The minimum Gasteiger partial charge on any atom is -0.394 e. The first-order chi connectivity index (χ1) is 14.2. The topological polar surface area (TPSA) is 79.2 Å². The third-order valence-corrected chi connectivity index (χ3v) is 5.79. The Morgan fingerprint density at radius 3 is 1.93 bits per heavy atom. The summed E-state index contributed by atoms with van der Waals surface area (Å²) in [4.78, 5) is 0. The summed E-state index contributed by atoms with van der Waals surface area (Å²) in [6.07, 6.45) is 19.7. The molecule has 1 fully saturated rings. The molecule has 0 amide bonds. The molecule has 0 unspecified atom stereocenters. The van der Waals surface area contributed by atoms with E-state index >= 15 is 0 Å². The highest BCUT2D eigenvalue weighted by atomic mass is 16.6. The molecule has 0 aromatic heterocycles. The second kappa shape index (κ2) is 18.3. The van der Waals surface area contributed by atoms with Gasteiger partial charge in [0.25, 0.3) is 0 Å². The Labute approximate surface area is 178 Å². The Morgan fingerprint density at radius 1 is 0.897 bits per heavy atom. The second-order valence-electron chi connectivity index (χ2n) is 8.40. The van der Waals surface area contributed by atoms with Crippen molar-refractivity contribution in [3.63, 3.8) is 0 Å².